The molecule has 0 spiro atoms. The lowest BCUT2D eigenvalue weighted by Gasteiger charge is -2.34. The zero-order valence-corrected chi connectivity index (χ0v) is 17.6. The lowest BCUT2D eigenvalue weighted by atomic mass is 9.97. The van der Waals surface area contributed by atoms with E-state index in [4.69, 9.17) is 4.74 Å². The summed E-state index contributed by atoms with van der Waals surface area (Å²) in [5, 5.41) is 2.86. The van der Waals surface area contributed by atoms with Crippen LogP contribution >= 0.6 is 0 Å². The smallest absolute Gasteiger partial charge is 0.256 e. The van der Waals surface area contributed by atoms with E-state index in [1.165, 1.54) is 12.0 Å². The van der Waals surface area contributed by atoms with Gasteiger partial charge >= 0.3 is 0 Å². The summed E-state index contributed by atoms with van der Waals surface area (Å²) in [6.45, 7) is 3.89. The third kappa shape index (κ3) is 5.67. The number of benzene rings is 1. The molecule has 0 radical (unpaired) electrons. The third-order valence-corrected chi connectivity index (χ3v) is 5.49. The van der Waals surface area contributed by atoms with Gasteiger partial charge in [0, 0.05) is 46.1 Å². The van der Waals surface area contributed by atoms with Crippen molar-refractivity contribution >= 4 is 11.9 Å². The number of hydrogen-bond acceptors (Lipinski definition) is 6. The van der Waals surface area contributed by atoms with Crippen molar-refractivity contribution in [3.63, 3.8) is 0 Å². The van der Waals surface area contributed by atoms with Crippen LogP contribution in [0.4, 0.5) is 5.95 Å². The van der Waals surface area contributed by atoms with Gasteiger partial charge in [-0.2, -0.15) is 0 Å². The van der Waals surface area contributed by atoms with E-state index in [9.17, 15) is 4.79 Å². The highest BCUT2D eigenvalue weighted by atomic mass is 16.5. The molecule has 2 aromatic rings. The van der Waals surface area contributed by atoms with Crippen molar-refractivity contribution in [2.24, 2.45) is 5.92 Å². The molecule has 1 aliphatic heterocycles. The lowest BCUT2D eigenvalue weighted by Crippen LogP contribution is -2.42. The predicted molar refractivity (Wildman–Crippen MR) is 114 cm³/mol. The van der Waals surface area contributed by atoms with Gasteiger partial charge in [-0.1, -0.05) is 18.2 Å². The number of nitrogens with one attached hydrogen (secondary N) is 1. The molecule has 7 heteroatoms. The Kier molecular flexibility index (Phi) is 7.41. The quantitative estimate of drug-likeness (QED) is 0.738. The number of rotatable bonds is 8. The van der Waals surface area contributed by atoms with E-state index in [1.54, 1.807) is 31.5 Å². The Morgan fingerprint density at radius 3 is 2.79 bits per heavy atom. The predicted octanol–water partition coefficient (Wildman–Crippen LogP) is 2.55. The molecular formula is C22H31N5O2. The average Bonchev–Trinajstić information content (AvgIpc) is 2.77. The Morgan fingerprint density at radius 1 is 1.31 bits per heavy atom. The summed E-state index contributed by atoms with van der Waals surface area (Å²) < 4.78 is 5.47. The summed E-state index contributed by atoms with van der Waals surface area (Å²) in [5.74, 6) is 1.92. The minimum absolute atomic E-state index is 0.0289. The molecular weight excluding hydrogens is 366 g/mol. The van der Waals surface area contributed by atoms with Crippen LogP contribution in [-0.4, -0.2) is 73.1 Å². The fraction of sp³-hybridized carbons (Fsp3) is 0.500. The monoisotopic (exact) mass is 397 g/mol. The number of carbonyl (C=O) groups is 1. The third-order valence-electron chi connectivity index (χ3n) is 5.49. The summed E-state index contributed by atoms with van der Waals surface area (Å²) in [6, 6.07) is 8.21. The van der Waals surface area contributed by atoms with E-state index in [-0.39, 0.29) is 5.91 Å². The van der Waals surface area contributed by atoms with Crippen molar-refractivity contribution in [3.8, 4) is 5.75 Å². The molecule has 7 nitrogen and oxygen atoms in total. The first-order valence-electron chi connectivity index (χ1n) is 10.2. The molecule has 29 heavy (non-hydrogen) atoms. The van der Waals surface area contributed by atoms with Crippen molar-refractivity contribution in [3.05, 3.63) is 47.8 Å². The number of aromatic nitrogens is 2. The van der Waals surface area contributed by atoms with Crippen LogP contribution in [0.5, 0.6) is 5.75 Å². The van der Waals surface area contributed by atoms with Gasteiger partial charge < -0.3 is 19.9 Å². The summed E-state index contributed by atoms with van der Waals surface area (Å²) >= 11 is 0. The highest BCUT2D eigenvalue weighted by Gasteiger charge is 2.23. The molecule has 1 N–H and O–H groups in total. The first kappa shape index (κ1) is 21.0. The number of amides is 1. The molecule has 156 valence electrons. The Balaban J connectivity index is 1.51. The molecule has 0 aliphatic carbocycles. The molecule has 0 bridgehead atoms. The van der Waals surface area contributed by atoms with Gasteiger partial charge in [0.1, 0.15) is 5.75 Å². The molecule has 1 amide bonds. The maximum Gasteiger partial charge on any atom is 0.256 e. The fourth-order valence-corrected chi connectivity index (χ4v) is 3.95. The van der Waals surface area contributed by atoms with Crippen LogP contribution in [0.25, 0.3) is 0 Å². The fourth-order valence-electron chi connectivity index (χ4n) is 3.95. The number of methoxy groups -OCH3 is 1. The van der Waals surface area contributed by atoms with Gasteiger partial charge in [0.05, 0.1) is 12.7 Å². The molecule has 1 fully saturated rings. The van der Waals surface area contributed by atoms with E-state index >= 15 is 0 Å². The number of ether oxygens (including phenoxy) is 1. The van der Waals surface area contributed by atoms with Crippen LogP contribution in [0.15, 0.2) is 36.7 Å². The van der Waals surface area contributed by atoms with E-state index in [1.807, 2.05) is 19.2 Å². The average molecular weight is 398 g/mol. The van der Waals surface area contributed by atoms with Crippen LogP contribution in [0.2, 0.25) is 0 Å². The maximum absolute atomic E-state index is 12.7. The zero-order chi connectivity index (χ0) is 20.6. The van der Waals surface area contributed by atoms with Crippen molar-refractivity contribution < 1.29 is 9.53 Å². The van der Waals surface area contributed by atoms with Gasteiger partial charge in [0.25, 0.3) is 5.91 Å². The largest absolute Gasteiger partial charge is 0.496 e. The molecule has 1 aromatic heterocycles. The number of likely N-dealkylation sites (tertiary alicyclic amines) is 1. The number of hydrogen-bond donors (Lipinski definition) is 1. The van der Waals surface area contributed by atoms with E-state index in [0.29, 0.717) is 17.4 Å². The minimum atomic E-state index is -0.0289. The Hall–Kier alpha value is -2.67. The highest BCUT2D eigenvalue weighted by molar-refractivity contribution is 5.93. The van der Waals surface area contributed by atoms with Crippen LogP contribution in [0, 0.1) is 5.92 Å². The first-order chi connectivity index (χ1) is 14.1. The zero-order valence-electron chi connectivity index (χ0n) is 17.6. The molecule has 3 rings (SSSR count). The minimum Gasteiger partial charge on any atom is -0.496 e. The SMILES string of the molecule is CNc1ncc(C(=O)N(C)C[C@@H]2CCCN(CCc3ccccc3OC)C2)cn1. The van der Waals surface area contributed by atoms with E-state index in [0.717, 1.165) is 44.8 Å². The number of para-hydroxylation sites is 1. The van der Waals surface area contributed by atoms with Crippen molar-refractivity contribution in [1.29, 1.82) is 0 Å². The van der Waals surface area contributed by atoms with Crippen LogP contribution in [0.3, 0.4) is 0 Å². The topological polar surface area (TPSA) is 70.6 Å². The van der Waals surface area contributed by atoms with Crippen LogP contribution in [0.1, 0.15) is 28.8 Å². The maximum atomic E-state index is 12.7. The van der Waals surface area contributed by atoms with Gasteiger partial charge in [-0.25, -0.2) is 9.97 Å². The first-order valence-corrected chi connectivity index (χ1v) is 10.2. The lowest BCUT2D eigenvalue weighted by molar-refractivity contribution is 0.0729. The Labute approximate surface area is 173 Å². The number of anilines is 1. The van der Waals surface area contributed by atoms with Crippen molar-refractivity contribution in [2.45, 2.75) is 19.3 Å². The van der Waals surface area contributed by atoms with Gasteiger partial charge in [0.2, 0.25) is 5.95 Å². The molecule has 2 heterocycles. The van der Waals surface area contributed by atoms with Gasteiger partial charge in [-0.3, -0.25) is 4.79 Å². The second-order valence-corrected chi connectivity index (χ2v) is 7.60. The van der Waals surface area contributed by atoms with Crippen LogP contribution in [-0.2, 0) is 6.42 Å². The summed E-state index contributed by atoms with van der Waals surface area (Å²) in [7, 11) is 5.34. The van der Waals surface area contributed by atoms with Gasteiger partial charge in [-0.05, 0) is 43.4 Å². The molecule has 0 unspecified atom stereocenters. The highest BCUT2D eigenvalue weighted by Crippen LogP contribution is 2.21. The van der Waals surface area contributed by atoms with Crippen molar-refractivity contribution in [1.82, 2.24) is 19.8 Å². The Bertz CT molecular complexity index is 796. The standard InChI is InChI=1S/C22H31N5O2/c1-23-22-24-13-19(14-25-22)21(28)26(2)15-17-7-6-11-27(16-17)12-10-18-8-4-5-9-20(18)29-3/h4-5,8-9,13-14,17H,6-7,10-12,15-16H2,1-3H3,(H,23,24,25)/t17-/m0/s1. The van der Waals surface area contributed by atoms with Gasteiger partial charge in [0.15, 0.2) is 0 Å². The van der Waals surface area contributed by atoms with E-state index in [2.05, 4.69) is 32.3 Å². The summed E-state index contributed by atoms with van der Waals surface area (Å²) in [5.41, 5.74) is 1.77. The summed E-state index contributed by atoms with van der Waals surface area (Å²) in [6.07, 6.45) is 6.45. The molecule has 0 saturated carbocycles. The number of nitrogens with zero attached hydrogens (tertiary/aromatic N) is 4. The second-order valence-electron chi connectivity index (χ2n) is 7.60. The number of carbonyl (C=O) groups excluding carboxylic acids is 1. The molecule has 1 aliphatic rings. The van der Waals surface area contributed by atoms with Crippen molar-refractivity contribution in [2.75, 3.05) is 52.7 Å². The normalized spacial score (nSPS) is 17.0. The number of piperidine rings is 1. The Morgan fingerprint density at radius 2 is 2.07 bits per heavy atom. The van der Waals surface area contributed by atoms with Gasteiger partial charge in [-0.15, -0.1) is 0 Å². The molecule has 1 aromatic carbocycles. The van der Waals surface area contributed by atoms with E-state index < -0.39 is 0 Å². The van der Waals surface area contributed by atoms with Crippen LogP contribution < -0.4 is 10.1 Å². The molecule has 1 atom stereocenters. The molecule has 1 saturated heterocycles. The summed E-state index contributed by atoms with van der Waals surface area (Å²) in [4.78, 5) is 25.3. The second kappa shape index (κ2) is 10.2.